The summed E-state index contributed by atoms with van der Waals surface area (Å²) >= 11 is 1.73. The summed E-state index contributed by atoms with van der Waals surface area (Å²) in [6, 6.07) is 1.74. The highest BCUT2D eigenvalue weighted by molar-refractivity contribution is 7.99. The quantitative estimate of drug-likeness (QED) is 0.774. The smallest absolute Gasteiger partial charge is 0.238 e. The number of aryl methyl sites for hydroxylation is 1. The Morgan fingerprint density at radius 2 is 2.65 bits per heavy atom. The summed E-state index contributed by atoms with van der Waals surface area (Å²) in [5.74, 6) is 2.38. The van der Waals surface area contributed by atoms with Crippen LogP contribution in [0.1, 0.15) is 5.69 Å². The van der Waals surface area contributed by atoms with E-state index in [1.807, 2.05) is 6.07 Å². The van der Waals surface area contributed by atoms with Gasteiger partial charge in [-0.3, -0.25) is 10.1 Å². The van der Waals surface area contributed by atoms with E-state index < -0.39 is 0 Å². The summed E-state index contributed by atoms with van der Waals surface area (Å²) < 4.78 is 6.75. The third-order valence-corrected chi connectivity index (χ3v) is 3.51. The molecule has 2 N–H and O–H groups in total. The third-order valence-electron chi connectivity index (χ3n) is 2.57. The van der Waals surface area contributed by atoms with Gasteiger partial charge in [0.2, 0.25) is 11.8 Å². The second-order valence-electron chi connectivity index (χ2n) is 3.79. The molecule has 2 heterocycles. The zero-order chi connectivity index (χ0) is 12.3. The fraction of sp³-hybridized carbons (Fsp3) is 0.600. The van der Waals surface area contributed by atoms with Gasteiger partial charge in [-0.25, -0.2) is 4.68 Å². The van der Waals surface area contributed by atoms with E-state index >= 15 is 0 Å². The first-order valence-electron chi connectivity index (χ1n) is 5.36. The molecule has 2 rings (SSSR count). The maximum atomic E-state index is 11.7. The molecule has 6 nitrogen and oxygen atoms in total. The lowest BCUT2D eigenvalue weighted by atomic mass is 10.3. The fourth-order valence-electron chi connectivity index (χ4n) is 1.65. The maximum absolute atomic E-state index is 11.7. The van der Waals surface area contributed by atoms with Crippen molar-refractivity contribution in [3.63, 3.8) is 0 Å². The normalized spacial score (nSPS) is 19.3. The highest BCUT2D eigenvalue weighted by atomic mass is 32.2. The SMILES string of the molecule is COc1cc(CNC(=O)C2CSCN2)nn1C. The summed E-state index contributed by atoms with van der Waals surface area (Å²) in [7, 11) is 3.40. The Balaban J connectivity index is 1.86. The molecule has 17 heavy (non-hydrogen) atoms. The number of methoxy groups -OCH3 is 1. The number of carbonyl (C=O) groups excluding carboxylic acids is 1. The molecule has 1 unspecified atom stereocenters. The van der Waals surface area contributed by atoms with Gasteiger partial charge in [0.25, 0.3) is 0 Å². The summed E-state index contributed by atoms with van der Waals surface area (Å²) in [5, 5.41) is 10.2. The number of rotatable bonds is 4. The topological polar surface area (TPSA) is 68.2 Å². The predicted octanol–water partition coefficient (Wildman–Crippen LogP) is -0.293. The largest absolute Gasteiger partial charge is 0.481 e. The molecule has 94 valence electrons. The summed E-state index contributed by atoms with van der Waals surface area (Å²) in [6.45, 7) is 0.429. The van der Waals surface area contributed by atoms with Crippen molar-refractivity contribution in [1.82, 2.24) is 20.4 Å². The average molecular weight is 256 g/mol. The molecule has 0 saturated carbocycles. The van der Waals surface area contributed by atoms with Gasteiger partial charge in [0, 0.05) is 24.7 Å². The molecule has 1 amide bonds. The van der Waals surface area contributed by atoms with Gasteiger partial charge < -0.3 is 10.1 Å². The molecule has 1 saturated heterocycles. The molecular weight excluding hydrogens is 240 g/mol. The van der Waals surface area contributed by atoms with E-state index in [2.05, 4.69) is 15.7 Å². The van der Waals surface area contributed by atoms with Gasteiger partial charge in [-0.1, -0.05) is 0 Å². The number of amides is 1. The summed E-state index contributed by atoms with van der Waals surface area (Å²) in [4.78, 5) is 11.7. The van der Waals surface area contributed by atoms with E-state index in [0.717, 1.165) is 17.3 Å². The van der Waals surface area contributed by atoms with Crippen LogP contribution in [-0.4, -0.2) is 40.5 Å². The number of ether oxygens (including phenoxy) is 1. The second-order valence-corrected chi connectivity index (χ2v) is 4.82. The van der Waals surface area contributed by atoms with E-state index in [-0.39, 0.29) is 11.9 Å². The van der Waals surface area contributed by atoms with Crippen molar-refractivity contribution >= 4 is 17.7 Å². The monoisotopic (exact) mass is 256 g/mol. The van der Waals surface area contributed by atoms with Crippen LogP contribution in [0.15, 0.2) is 6.07 Å². The first-order valence-corrected chi connectivity index (χ1v) is 6.52. The van der Waals surface area contributed by atoms with Gasteiger partial charge in [-0.05, 0) is 0 Å². The molecule has 0 spiro atoms. The van der Waals surface area contributed by atoms with E-state index in [1.165, 1.54) is 0 Å². The van der Waals surface area contributed by atoms with Gasteiger partial charge in [0.15, 0.2) is 0 Å². The summed E-state index contributed by atoms with van der Waals surface area (Å²) in [5.41, 5.74) is 0.795. The van der Waals surface area contributed by atoms with Crippen LogP contribution in [0.5, 0.6) is 5.88 Å². The third kappa shape index (κ3) is 2.92. The second kappa shape index (κ2) is 5.42. The van der Waals surface area contributed by atoms with Crippen LogP contribution in [0, 0.1) is 0 Å². The maximum Gasteiger partial charge on any atom is 0.238 e. The van der Waals surface area contributed by atoms with Crippen molar-refractivity contribution in [3.05, 3.63) is 11.8 Å². The van der Waals surface area contributed by atoms with Crippen LogP contribution in [-0.2, 0) is 18.4 Å². The molecule has 1 aliphatic rings. The fourth-order valence-corrected chi connectivity index (χ4v) is 2.59. The molecule has 1 atom stereocenters. The average Bonchev–Trinajstić information content (AvgIpc) is 2.95. The highest BCUT2D eigenvalue weighted by Gasteiger charge is 2.22. The molecule has 0 radical (unpaired) electrons. The van der Waals surface area contributed by atoms with Gasteiger partial charge >= 0.3 is 0 Å². The number of nitrogens with zero attached hydrogens (tertiary/aromatic N) is 2. The first-order chi connectivity index (χ1) is 8.20. The minimum atomic E-state index is -0.0781. The van der Waals surface area contributed by atoms with Crippen molar-refractivity contribution in [1.29, 1.82) is 0 Å². The molecular formula is C10H16N4O2S. The lowest BCUT2D eigenvalue weighted by Gasteiger charge is -2.08. The van der Waals surface area contributed by atoms with Gasteiger partial charge in [0.05, 0.1) is 25.4 Å². The van der Waals surface area contributed by atoms with Crippen LogP contribution < -0.4 is 15.4 Å². The lowest BCUT2D eigenvalue weighted by molar-refractivity contribution is -0.122. The summed E-state index contributed by atoms with van der Waals surface area (Å²) in [6.07, 6.45) is 0. The zero-order valence-electron chi connectivity index (χ0n) is 9.90. The Bertz CT molecular complexity index is 401. The van der Waals surface area contributed by atoms with Crippen LogP contribution in [0.4, 0.5) is 0 Å². The Morgan fingerprint density at radius 3 is 3.24 bits per heavy atom. The van der Waals surface area contributed by atoms with Crippen molar-refractivity contribution < 1.29 is 9.53 Å². The molecule has 0 aromatic carbocycles. The van der Waals surface area contributed by atoms with E-state index in [0.29, 0.717) is 12.4 Å². The van der Waals surface area contributed by atoms with Gasteiger partial charge in [-0.2, -0.15) is 5.10 Å². The predicted molar refractivity (Wildman–Crippen MR) is 65.9 cm³/mol. The van der Waals surface area contributed by atoms with Crippen LogP contribution in [0.3, 0.4) is 0 Å². The molecule has 0 bridgehead atoms. The Kier molecular flexibility index (Phi) is 3.90. The number of thioether (sulfide) groups is 1. The molecule has 7 heteroatoms. The molecule has 1 aliphatic heterocycles. The minimum absolute atomic E-state index is 0.0274. The van der Waals surface area contributed by atoms with Gasteiger partial charge in [0.1, 0.15) is 0 Å². The van der Waals surface area contributed by atoms with Crippen LogP contribution in [0.25, 0.3) is 0 Å². The Morgan fingerprint density at radius 1 is 1.82 bits per heavy atom. The van der Waals surface area contributed by atoms with Gasteiger partial charge in [-0.15, -0.1) is 11.8 Å². The number of hydrogen-bond acceptors (Lipinski definition) is 5. The molecule has 1 aromatic rings. The number of nitrogens with one attached hydrogen (secondary N) is 2. The zero-order valence-corrected chi connectivity index (χ0v) is 10.7. The molecule has 1 aromatic heterocycles. The standard InChI is InChI=1S/C10H16N4O2S/c1-14-9(16-2)3-7(13-14)4-11-10(15)8-5-17-6-12-8/h3,8,12H,4-6H2,1-2H3,(H,11,15). The van der Waals surface area contributed by atoms with E-state index in [1.54, 1.807) is 30.6 Å². The highest BCUT2D eigenvalue weighted by Crippen LogP contribution is 2.12. The Hall–Kier alpha value is -1.21. The van der Waals surface area contributed by atoms with E-state index in [4.69, 9.17) is 4.74 Å². The van der Waals surface area contributed by atoms with Crippen molar-refractivity contribution in [2.24, 2.45) is 7.05 Å². The van der Waals surface area contributed by atoms with Crippen molar-refractivity contribution in [2.75, 3.05) is 18.7 Å². The van der Waals surface area contributed by atoms with Crippen LogP contribution >= 0.6 is 11.8 Å². The van der Waals surface area contributed by atoms with Crippen molar-refractivity contribution in [2.45, 2.75) is 12.6 Å². The first kappa shape index (κ1) is 12.3. The molecule has 0 aliphatic carbocycles. The lowest BCUT2D eigenvalue weighted by Crippen LogP contribution is -2.41. The van der Waals surface area contributed by atoms with E-state index in [9.17, 15) is 4.79 Å². The number of carbonyl (C=O) groups is 1. The van der Waals surface area contributed by atoms with Crippen molar-refractivity contribution in [3.8, 4) is 5.88 Å². The Labute approximate surface area is 104 Å². The molecule has 1 fully saturated rings. The number of aromatic nitrogens is 2. The number of hydrogen-bond donors (Lipinski definition) is 2. The minimum Gasteiger partial charge on any atom is -0.481 e. The van der Waals surface area contributed by atoms with Crippen LogP contribution in [0.2, 0.25) is 0 Å².